The van der Waals surface area contributed by atoms with Crippen LogP contribution in [0.4, 0.5) is 0 Å². The topological polar surface area (TPSA) is 285 Å². The summed E-state index contributed by atoms with van der Waals surface area (Å²) < 4.78 is 22.9. The Balaban J connectivity index is 0.000000281. The van der Waals surface area contributed by atoms with Crippen molar-refractivity contribution in [2.45, 2.75) is 134 Å². The summed E-state index contributed by atoms with van der Waals surface area (Å²) in [5, 5.41) is 88.9. The highest BCUT2D eigenvalue weighted by atomic mass is 16.7. The van der Waals surface area contributed by atoms with E-state index in [1.807, 2.05) is 54.6 Å². The number of carboxylic acid groups (broad SMARTS) is 1. The standard InChI is InChI=1S/C25H32O8.C24H30O7.H2O/c1-2-3-4-6-15-9-10-19(32-25-24(31)23(30)22(29)20(14-26)33-25)18(12-15)17-8-5-7-16(11-17)13-21(27)28;1-3-5-15-8-9-19(30-24-23(29)22(28)21(27)20(13-25)31-24)18(12-15)17-7-4-6-16(11-17)10-14(2)26;/h5,7-12,20,22-26,29-31H,2-4,6,13-14H2,1H3,(H,27,28);4,6-9,11-12,20-25,27-29H,3,5,10,13H2,1-2H3;1H2/t20-,22-,23+,24+,25+;20-,21-,22+,23+,24+;/m11./s1. The van der Waals surface area contributed by atoms with Crippen LogP contribution in [0.15, 0.2) is 84.9 Å². The van der Waals surface area contributed by atoms with Crippen molar-refractivity contribution >= 4 is 11.8 Å². The van der Waals surface area contributed by atoms with Crippen molar-refractivity contribution in [2.24, 2.45) is 0 Å². The molecule has 2 heterocycles. The fraction of sp³-hybridized carbons (Fsp3) is 0.469. The number of hydrogen-bond donors (Lipinski definition) is 9. The molecule has 0 aliphatic carbocycles. The van der Waals surface area contributed by atoms with E-state index in [0.717, 1.165) is 71.9 Å². The van der Waals surface area contributed by atoms with Crippen molar-refractivity contribution in [2.75, 3.05) is 13.2 Å². The minimum atomic E-state index is -1.54. The van der Waals surface area contributed by atoms with Crippen molar-refractivity contribution in [1.82, 2.24) is 0 Å². The Morgan fingerprint density at radius 3 is 1.43 bits per heavy atom. The molecule has 0 amide bonds. The Morgan fingerprint density at radius 1 is 0.554 bits per heavy atom. The van der Waals surface area contributed by atoms with Crippen molar-refractivity contribution < 1.29 is 80.0 Å². The molecule has 16 nitrogen and oxygen atoms in total. The SMILES string of the molecule is CCCCCc1ccc(O[C@H]2O[C@H](CO)[C@@H](O)[C@H](O)[C@@H]2O)c(-c2cccc(CC(=O)O)c2)c1.CCCc1ccc(O[C@H]2O[C@H](CO)[C@@H](O)[C@H](O)[C@@H]2O)c(-c2cccc(CC(C)=O)c2)c1.O. The first-order valence-corrected chi connectivity index (χ1v) is 21.8. The maximum atomic E-state index is 11.5. The van der Waals surface area contributed by atoms with Crippen LogP contribution in [0.5, 0.6) is 11.5 Å². The van der Waals surface area contributed by atoms with Gasteiger partial charge in [0.2, 0.25) is 12.6 Å². The van der Waals surface area contributed by atoms with Gasteiger partial charge in [-0.05, 0) is 83.8 Å². The molecule has 0 spiro atoms. The van der Waals surface area contributed by atoms with Gasteiger partial charge in [-0.25, -0.2) is 0 Å². The molecule has 2 aliphatic heterocycles. The van der Waals surface area contributed by atoms with Gasteiger partial charge < -0.3 is 70.4 Å². The molecule has 2 saturated heterocycles. The Bertz CT molecular complexity index is 2120. The number of hydrogen-bond acceptors (Lipinski definition) is 14. The quantitative estimate of drug-likeness (QED) is 0.0649. The number of benzene rings is 4. The average molecular weight is 909 g/mol. The van der Waals surface area contributed by atoms with Gasteiger partial charge in [-0.15, -0.1) is 0 Å². The number of carbonyl (C=O) groups excluding carboxylic acids is 1. The van der Waals surface area contributed by atoms with E-state index >= 15 is 0 Å². The third-order valence-corrected chi connectivity index (χ3v) is 11.2. The van der Waals surface area contributed by atoms with Gasteiger partial charge >= 0.3 is 5.97 Å². The van der Waals surface area contributed by atoms with Gasteiger partial charge in [0, 0.05) is 17.5 Å². The van der Waals surface area contributed by atoms with Crippen LogP contribution in [0, 0.1) is 0 Å². The van der Waals surface area contributed by atoms with Crippen LogP contribution in [0.3, 0.4) is 0 Å². The fourth-order valence-electron chi connectivity index (χ4n) is 7.73. The number of aliphatic carboxylic acids is 1. The molecule has 0 unspecified atom stereocenters. The van der Waals surface area contributed by atoms with Gasteiger partial charge in [0.15, 0.2) is 0 Å². The molecule has 4 aromatic carbocycles. The number of carboxylic acids is 1. The summed E-state index contributed by atoms with van der Waals surface area (Å²) in [6.45, 7) is 4.69. The van der Waals surface area contributed by atoms with E-state index in [2.05, 4.69) is 13.8 Å². The Labute approximate surface area is 378 Å². The predicted molar refractivity (Wildman–Crippen MR) is 239 cm³/mol. The number of aliphatic hydroxyl groups is 8. The molecule has 0 saturated carbocycles. The van der Waals surface area contributed by atoms with Gasteiger partial charge in [0.1, 0.15) is 66.1 Å². The number of aliphatic hydroxyl groups excluding tert-OH is 8. The molecule has 6 rings (SSSR count). The molecule has 356 valence electrons. The van der Waals surface area contributed by atoms with Gasteiger partial charge in [0.25, 0.3) is 0 Å². The molecule has 0 radical (unpaired) electrons. The first-order valence-electron chi connectivity index (χ1n) is 21.8. The number of carbonyl (C=O) groups is 2. The number of Topliss-reactive ketones (excluding diaryl/α,β-unsaturated/α-hetero) is 1. The third kappa shape index (κ3) is 14.1. The molecule has 0 aromatic heterocycles. The van der Waals surface area contributed by atoms with Crippen LogP contribution in [-0.2, 0) is 44.7 Å². The summed E-state index contributed by atoms with van der Waals surface area (Å²) in [6, 6.07) is 26.1. The lowest BCUT2D eigenvalue weighted by atomic mass is 9.96. The smallest absolute Gasteiger partial charge is 0.307 e. The van der Waals surface area contributed by atoms with Gasteiger partial charge in [0.05, 0.1) is 19.6 Å². The molecule has 2 fully saturated rings. The molecule has 10 atom stereocenters. The lowest BCUT2D eigenvalue weighted by Gasteiger charge is -2.39. The zero-order valence-corrected chi connectivity index (χ0v) is 36.9. The summed E-state index contributed by atoms with van der Waals surface area (Å²) in [7, 11) is 0. The van der Waals surface area contributed by atoms with Crippen LogP contribution < -0.4 is 9.47 Å². The molecule has 65 heavy (non-hydrogen) atoms. The fourth-order valence-corrected chi connectivity index (χ4v) is 7.73. The highest BCUT2D eigenvalue weighted by Gasteiger charge is 2.46. The van der Waals surface area contributed by atoms with Gasteiger partial charge in [-0.2, -0.15) is 0 Å². The second-order valence-corrected chi connectivity index (χ2v) is 16.3. The van der Waals surface area contributed by atoms with Crippen molar-refractivity contribution in [1.29, 1.82) is 0 Å². The highest BCUT2D eigenvalue weighted by molar-refractivity contribution is 5.79. The van der Waals surface area contributed by atoms with E-state index in [4.69, 9.17) is 24.1 Å². The predicted octanol–water partition coefficient (Wildman–Crippen LogP) is 2.68. The minimum Gasteiger partial charge on any atom is -0.481 e. The van der Waals surface area contributed by atoms with Crippen molar-refractivity contribution in [3.05, 3.63) is 107 Å². The maximum absolute atomic E-state index is 11.5. The van der Waals surface area contributed by atoms with Crippen LogP contribution in [-0.4, -0.2) is 138 Å². The number of rotatable bonds is 18. The van der Waals surface area contributed by atoms with E-state index in [-0.39, 0.29) is 17.7 Å². The molecule has 2 aliphatic rings. The van der Waals surface area contributed by atoms with E-state index in [1.165, 1.54) is 0 Å². The Kier molecular flexibility index (Phi) is 20.5. The van der Waals surface area contributed by atoms with E-state index in [1.54, 1.807) is 37.3 Å². The van der Waals surface area contributed by atoms with E-state index < -0.39 is 80.6 Å². The molecule has 0 bridgehead atoms. The van der Waals surface area contributed by atoms with Crippen LogP contribution >= 0.6 is 0 Å². The summed E-state index contributed by atoms with van der Waals surface area (Å²) in [4.78, 5) is 22.7. The Hall–Kier alpha value is -4.82. The summed E-state index contributed by atoms with van der Waals surface area (Å²) in [6.07, 6.45) is -7.57. The molecule has 11 N–H and O–H groups in total. The minimum absolute atomic E-state index is 0. The maximum Gasteiger partial charge on any atom is 0.307 e. The molecule has 4 aromatic rings. The van der Waals surface area contributed by atoms with Crippen LogP contribution in [0.2, 0.25) is 0 Å². The summed E-state index contributed by atoms with van der Waals surface area (Å²) in [5.74, 6) is -0.0804. The number of aryl methyl sites for hydroxylation is 2. The van der Waals surface area contributed by atoms with E-state index in [0.29, 0.717) is 29.0 Å². The van der Waals surface area contributed by atoms with Gasteiger partial charge in [-0.3, -0.25) is 9.59 Å². The van der Waals surface area contributed by atoms with Crippen molar-refractivity contribution in [3.63, 3.8) is 0 Å². The monoisotopic (exact) mass is 908 g/mol. The zero-order valence-electron chi connectivity index (χ0n) is 36.9. The number of ketones is 1. The lowest BCUT2D eigenvalue weighted by molar-refractivity contribution is -0.277. The molecular weight excluding hydrogens is 845 g/mol. The summed E-state index contributed by atoms with van der Waals surface area (Å²) in [5.41, 5.74) is 6.74. The number of unbranched alkanes of at least 4 members (excludes halogenated alkanes) is 2. The van der Waals surface area contributed by atoms with Gasteiger partial charge in [-0.1, -0.05) is 93.8 Å². The summed E-state index contributed by atoms with van der Waals surface area (Å²) >= 11 is 0. The van der Waals surface area contributed by atoms with Crippen LogP contribution in [0.25, 0.3) is 22.3 Å². The molecule has 16 heteroatoms. The second-order valence-electron chi connectivity index (χ2n) is 16.3. The Morgan fingerprint density at radius 2 is 1.02 bits per heavy atom. The van der Waals surface area contributed by atoms with Crippen LogP contribution in [0.1, 0.15) is 68.7 Å². The average Bonchev–Trinajstić information content (AvgIpc) is 3.27. The highest BCUT2D eigenvalue weighted by Crippen LogP contribution is 2.37. The first-order chi connectivity index (χ1) is 30.7. The zero-order chi connectivity index (χ0) is 46.5. The largest absolute Gasteiger partial charge is 0.481 e. The first kappa shape index (κ1) is 52.8. The van der Waals surface area contributed by atoms with Crippen molar-refractivity contribution in [3.8, 4) is 33.8 Å². The lowest BCUT2D eigenvalue weighted by Crippen LogP contribution is -2.60. The molecular formula is C49H64O16. The normalized spacial score (nSPS) is 25.1. The number of ether oxygens (including phenoxy) is 4. The second kappa shape index (κ2) is 25.2. The van der Waals surface area contributed by atoms with E-state index in [9.17, 15) is 50.4 Å². The third-order valence-electron chi connectivity index (χ3n) is 11.2.